The van der Waals surface area contributed by atoms with Gasteiger partial charge in [-0.3, -0.25) is 0 Å². The van der Waals surface area contributed by atoms with Crippen molar-refractivity contribution < 1.29 is 9.47 Å². The maximum absolute atomic E-state index is 5.85. The molecule has 4 heterocycles. The van der Waals surface area contributed by atoms with Gasteiger partial charge >= 0.3 is 0 Å². The van der Waals surface area contributed by atoms with Crippen LogP contribution in [0.15, 0.2) is 30.9 Å². The first-order valence-corrected chi connectivity index (χ1v) is 14.0. The summed E-state index contributed by atoms with van der Waals surface area (Å²) >= 11 is 0. The molecule has 0 amide bonds. The number of hydrogen-bond acceptors (Lipinski definition) is 8. The maximum Gasteiger partial charge on any atom is 0.139 e. The summed E-state index contributed by atoms with van der Waals surface area (Å²) in [5.41, 5.74) is 0.969. The van der Waals surface area contributed by atoms with Crippen LogP contribution in [-0.2, 0) is 16.2 Å². The zero-order valence-electron chi connectivity index (χ0n) is 17.8. The summed E-state index contributed by atoms with van der Waals surface area (Å²) in [6.45, 7) is 9.72. The second-order valence-electron chi connectivity index (χ2n) is 8.74. The van der Waals surface area contributed by atoms with E-state index in [-0.39, 0.29) is 6.04 Å². The molecule has 160 valence electrons. The van der Waals surface area contributed by atoms with Crippen LogP contribution < -0.4 is 10.6 Å². The number of nitrogens with one attached hydrogen (secondary N) is 2. The van der Waals surface area contributed by atoms with Crippen molar-refractivity contribution in [2.45, 2.75) is 44.9 Å². The van der Waals surface area contributed by atoms with Crippen LogP contribution in [-0.4, -0.2) is 58.7 Å². The summed E-state index contributed by atoms with van der Waals surface area (Å²) in [5, 5.41) is 12.0. The molecule has 9 nitrogen and oxygen atoms in total. The lowest BCUT2D eigenvalue weighted by Crippen LogP contribution is -2.22. The van der Waals surface area contributed by atoms with Crippen LogP contribution in [0.25, 0.3) is 10.9 Å². The zero-order chi connectivity index (χ0) is 21.0. The van der Waals surface area contributed by atoms with E-state index < -0.39 is 8.07 Å². The third-order valence-corrected chi connectivity index (χ3v) is 6.65. The summed E-state index contributed by atoms with van der Waals surface area (Å²) in [5.74, 6) is 2.14. The third kappa shape index (κ3) is 5.52. The van der Waals surface area contributed by atoms with E-state index >= 15 is 0 Å². The Morgan fingerprint density at radius 1 is 1.13 bits per heavy atom. The molecule has 3 aromatic rings. The average molecular weight is 428 g/mol. The van der Waals surface area contributed by atoms with Gasteiger partial charge < -0.3 is 20.1 Å². The van der Waals surface area contributed by atoms with Crippen LogP contribution in [0.2, 0.25) is 25.7 Å². The minimum Gasteiger partial charge on any atom is -0.379 e. The molecule has 3 aromatic heterocycles. The Kier molecular flexibility index (Phi) is 6.26. The van der Waals surface area contributed by atoms with Gasteiger partial charge in [-0.25, -0.2) is 19.6 Å². The molecule has 1 unspecified atom stereocenters. The number of hydrogen-bond donors (Lipinski definition) is 2. The molecule has 0 bridgehead atoms. The van der Waals surface area contributed by atoms with Crippen molar-refractivity contribution in [1.82, 2.24) is 24.7 Å². The Morgan fingerprint density at radius 2 is 1.97 bits per heavy atom. The standard InChI is InChI=1S/C20H29N7O2Si/c1-30(2,3)7-6-29-14-27-17-8-18(21-10-15(17)11-24-27)26-20-9-19(22-13-23-20)25-16-4-5-28-12-16/h8-11,13,16H,4-7,12,14H2,1-3H3,(H2,21,22,23,25,26). The van der Waals surface area contributed by atoms with Crippen molar-refractivity contribution in [2.24, 2.45) is 0 Å². The molecular weight excluding hydrogens is 398 g/mol. The SMILES string of the molecule is C[Si](C)(C)CCOCn1ncc2cnc(Nc3cc(NC4CCOC4)ncn3)cc21. The Balaban J connectivity index is 1.42. The van der Waals surface area contributed by atoms with E-state index in [9.17, 15) is 0 Å². The molecular formula is C20H29N7O2Si. The van der Waals surface area contributed by atoms with Gasteiger partial charge in [-0.05, 0) is 12.5 Å². The van der Waals surface area contributed by atoms with E-state index in [0.717, 1.165) is 42.4 Å². The van der Waals surface area contributed by atoms with E-state index in [1.165, 1.54) is 6.33 Å². The highest BCUT2D eigenvalue weighted by molar-refractivity contribution is 6.76. The van der Waals surface area contributed by atoms with Gasteiger partial charge in [-0.15, -0.1) is 0 Å². The number of ether oxygens (including phenoxy) is 2. The molecule has 0 spiro atoms. The Labute approximate surface area is 177 Å². The zero-order valence-corrected chi connectivity index (χ0v) is 18.8. The van der Waals surface area contributed by atoms with Gasteiger partial charge in [0.2, 0.25) is 0 Å². The Hall–Kier alpha value is -2.56. The lowest BCUT2D eigenvalue weighted by Gasteiger charge is -2.15. The lowest BCUT2D eigenvalue weighted by atomic mass is 10.2. The second kappa shape index (κ2) is 9.07. The van der Waals surface area contributed by atoms with E-state index in [2.05, 4.69) is 50.3 Å². The molecule has 1 fully saturated rings. The van der Waals surface area contributed by atoms with Crippen LogP contribution in [0.1, 0.15) is 6.42 Å². The number of fused-ring (bicyclic) bond motifs is 1. The topological polar surface area (TPSA) is 99.0 Å². The summed E-state index contributed by atoms with van der Waals surface area (Å²) in [4.78, 5) is 13.1. The highest BCUT2D eigenvalue weighted by Crippen LogP contribution is 2.21. The molecule has 10 heteroatoms. The first-order chi connectivity index (χ1) is 14.5. The molecule has 0 aromatic carbocycles. The first-order valence-electron chi connectivity index (χ1n) is 10.3. The average Bonchev–Trinajstić information content (AvgIpc) is 3.35. The number of aromatic nitrogens is 5. The van der Waals surface area contributed by atoms with Crippen molar-refractivity contribution in [3.63, 3.8) is 0 Å². The van der Waals surface area contributed by atoms with Gasteiger partial charge in [0.25, 0.3) is 0 Å². The molecule has 1 saturated heterocycles. The van der Waals surface area contributed by atoms with Gasteiger partial charge in [0.1, 0.15) is 30.5 Å². The highest BCUT2D eigenvalue weighted by Gasteiger charge is 2.16. The van der Waals surface area contributed by atoms with Crippen LogP contribution >= 0.6 is 0 Å². The first kappa shape index (κ1) is 20.7. The number of rotatable bonds is 9. The van der Waals surface area contributed by atoms with Crippen LogP contribution in [0.5, 0.6) is 0 Å². The Morgan fingerprint density at radius 3 is 2.77 bits per heavy atom. The minimum atomic E-state index is -1.10. The largest absolute Gasteiger partial charge is 0.379 e. The summed E-state index contributed by atoms with van der Waals surface area (Å²) in [6.07, 6.45) is 6.13. The van der Waals surface area contributed by atoms with Crippen LogP contribution in [0.4, 0.5) is 17.5 Å². The van der Waals surface area contributed by atoms with Crippen LogP contribution in [0, 0.1) is 0 Å². The quantitative estimate of drug-likeness (QED) is 0.396. The van der Waals surface area contributed by atoms with Crippen molar-refractivity contribution in [2.75, 3.05) is 30.5 Å². The molecule has 1 aliphatic rings. The fourth-order valence-electron chi connectivity index (χ4n) is 3.17. The van der Waals surface area contributed by atoms with Crippen LogP contribution in [0.3, 0.4) is 0 Å². The minimum absolute atomic E-state index is 0.289. The number of anilines is 3. The Bertz CT molecular complexity index is 983. The molecule has 2 N–H and O–H groups in total. The van der Waals surface area contributed by atoms with E-state index in [1.807, 2.05) is 23.0 Å². The van der Waals surface area contributed by atoms with Crippen molar-refractivity contribution in [1.29, 1.82) is 0 Å². The molecule has 0 saturated carbocycles. The molecule has 4 rings (SSSR count). The van der Waals surface area contributed by atoms with Gasteiger partial charge in [0.05, 0.1) is 24.4 Å². The fourth-order valence-corrected chi connectivity index (χ4v) is 3.92. The molecule has 1 atom stereocenters. The fraction of sp³-hybridized carbons (Fsp3) is 0.500. The highest BCUT2D eigenvalue weighted by atomic mass is 28.3. The normalized spacial score (nSPS) is 16.8. The van der Waals surface area contributed by atoms with E-state index in [1.54, 1.807) is 6.20 Å². The maximum atomic E-state index is 5.85. The number of nitrogens with zero attached hydrogens (tertiary/aromatic N) is 5. The second-order valence-corrected chi connectivity index (χ2v) is 14.4. The molecule has 30 heavy (non-hydrogen) atoms. The smallest absolute Gasteiger partial charge is 0.139 e. The van der Waals surface area contributed by atoms with E-state index in [4.69, 9.17) is 9.47 Å². The number of pyridine rings is 1. The van der Waals surface area contributed by atoms with Crippen molar-refractivity contribution in [3.05, 3.63) is 30.9 Å². The molecule has 1 aliphatic heterocycles. The third-order valence-electron chi connectivity index (χ3n) is 4.94. The predicted octanol–water partition coefficient (Wildman–Crippen LogP) is 3.48. The summed E-state index contributed by atoms with van der Waals surface area (Å²) in [7, 11) is -1.10. The van der Waals surface area contributed by atoms with Crippen molar-refractivity contribution >= 4 is 36.4 Å². The lowest BCUT2D eigenvalue weighted by molar-refractivity contribution is 0.0817. The molecule has 0 radical (unpaired) electrons. The summed E-state index contributed by atoms with van der Waals surface area (Å²) in [6, 6.07) is 5.26. The van der Waals surface area contributed by atoms with Gasteiger partial charge in [-0.1, -0.05) is 19.6 Å². The van der Waals surface area contributed by atoms with Gasteiger partial charge in [0, 0.05) is 45.0 Å². The summed E-state index contributed by atoms with van der Waals surface area (Å²) < 4.78 is 13.1. The van der Waals surface area contributed by atoms with Gasteiger partial charge in [0.15, 0.2) is 0 Å². The van der Waals surface area contributed by atoms with Crippen molar-refractivity contribution in [3.8, 4) is 0 Å². The van der Waals surface area contributed by atoms with Gasteiger partial charge in [-0.2, -0.15) is 5.10 Å². The van der Waals surface area contributed by atoms with E-state index in [0.29, 0.717) is 25.0 Å². The predicted molar refractivity (Wildman–Crippen MR) is 120 cm³/mol. The monoisotopic (exact) mass is 427 g/mol. The molecule has 0 aliphatic carbocycles.